The molecule has 0 saturated heterocycles. The number of hydrogen-bond acceptors (Lipinski definition) is 4. The summed E-state index contributed by atoms with van der Waals surface area (Å²) in [5.74, 6) is 0. The molecule has 0 N–H and O–H groups in total. The average molecular weight is 937 g/mol. The average Bonchev–Trinajstić information content (AvgIpc) is 3.77. The van der Waals surface area contributed by atoms with E-state index in [-0.39, 0.29) is 12.1 Å². The summed E-state index contributed by atoms with van der Waals surface area (Å²) in [5, 5.41) is 22.5. The summed E-state index contributed by atoms with van der Waals surface area (Å²) in [5.41, 5.74) is 21.5. The van der Waals surface area contributed by atoms with E-state index in [0.717, 1.165) is 72.8 Å². The second-order valence-corrected chi connectivity index (χ2v) is 21.0. The SMILES string of the molecule is CC(C)(C)c1ccc2c(c1)c1ccccc1n2-c1cc2c3c(c1)N(c1c(-c4ccccc4)cccc1-c1ccccc1)c1ccc(-c4cccc(C#N)c4)cc1B3c1cc(-c3cccc(C#N)c3)ccc1S2. The molecule has 0 spiro atoms. The van der Waals surface area contributed by atoms with Gasteiger partial charge < -0.3 is 9.47 Å². The molecule has 13 rings (SSSR count). The van der Waals surface area contributed by atoms with E-state index in [9.17, 15) is 10.5 Å². The summed E-state index contributed by atoms with van der Waals surface area (Å²) >= 11 is 1.84. The summed E-state index contributed by atoms with van der Waals surface area (Å²) in [6.45, 7) is 6.70. The Bertz CT molecular complexity index is 4040. The molecule has 3 heterocycles. The van der Waals surface area contributed by atoms with Gasteiger partial charge in [-0.1, -0.05) is 190 Å². The molecule has 338 valence electrons. The third-order valence-electron chi connectivity index (χ3n) is 14.6. The van der Waals surface area contributed by atoms with Crippen LogP contribution in [0, 0.1) is 22.7 Å². The Hall–Kier alpha value is -8.81. The standard InChI is InChI=1S/C66H45BN4S/c1-66(2,3)50-29-31-59-55(37-50)54-23-10-11-26-58(54)70(59)51-38-61-64-63(39-51)72-62-32-28-49(47-22-13-16-43(34-47)41-69)36-57(62)67(64)56-35-48(46-21-12-15-42(33-46)40-68)27-30-60(56)71(61)65-52(44-17-6-4-7-18-44)24-14-25-53(65)45-19-8-5-9-20-45/h4-39H,1-3H3. The van der Waals surface area contributed by atoms with E-state index in [1.807, 2.05) is 48.2 Å². The van der Waals surface area contributed by atoms with Gasteiger partial charge in [0.15, 0.2) is 0 Å². The summed E-state index contributed by atoms with van der Waals surface area (Å²) in [4.78, 5) is 4.95. The second-order valence-electron chi connectivity index (χ2n) is 19.9. The van der Waals surface area contributed by atoms with Crippen LogP contribution in [0.25, 0.3) is 72.0 Å². The molecule has 72 heavy (non-hydrogen) atoms. The molecule has 6 heteroatoms. The van der Waals surface area contributed by atoms with Gasteiger partial charge in [0, 0.05) is 48.8 Å². The van der Waals surface area contributed by atoms with Crippen molar-refractivity contribution in [2.75, 3.05) is 4.90 Å². The van der Waals surface area contributed by atoms with Gasteiger partial charge in [-0.2, -0.15) is 10.5 Å². The van der Waals surface area contributed by atoms with Crippen LogP contribution in [0.3, 0.4) is 0 Å². The van der Waals surface area contributed by atoms with Crippen LogP contribution in [0.5, 0.6) is 0 Å². The molecule has 10 aromatic carbocycles. The molecular formula is C66H45BN4S. The molecular weight excluding hydrogens is 892 g/mol. The Balaban J connectivity index is 1.16. The summed E-state index contributed by atoms with van der Waals surface area (Å²) < 4.78 is 2.48. The van der Waals surface area contributed by atoms with Crippen molar-refractivity contribution in [3.05, 3.63) is 235 Å². The van der Waals surface area contributed by atoms with Gasteiger partial charge in [-0.15, -0.1) is 0 Å². The molecule has 2 aliphatic heterocycles. The molecule has 0 fully saturated rings. The maximum Gasteiger partial charge on any atom is 0.249 e. The first-order valence-corrected chi connectivity index (χ1v) is 25.3. The molecule has 0 aliphatic carbocycles. The lowest BCUT2D eigenvalue weighted by Crippen LogP contribution is -2.60. The Morgan fingerprint density at radius 3 is 1.67 bits per heavy atom. The van der Waals surface area contributed by atoms with Crippen molar-refractivity contribution in [2.45, 2.75) is 36.0 Å². The maximum absolute atomic E-state index is 10.1. The number of nitrogens with zero attached hydrogens (tertiary/aromatic N) is 4. The van der Waals surface area contributed by atoms with E-state index in [4.69, 9.17) is 0 Å². The number of aromatic nitrogens is 1. The summed E-state index contributed by atoms with van der Waals surface area (Å²) in [7, 11) is 0. The largest absolute Gasteiger partial charge is 0.310 e. The molecule has 0 atom stereocenters. The third-order valence-corrected chi connectivity index (χ3v) is 15.8. The fourth-order valence-corrected chi connectivity index (χ4v) is 12.4. The number of rotatable bonds is 6. The Labute approximate surface area is 424 Å². The van der Waals surface area contributed by atoms with Gasteiger partial charge in [-0.25, -0.2) is 0 Å². The molecule has 0 radical (unpaired) electrons. The first-order chi connectivity index (χ1) is 35.2. The number of nitriles is 2. The number of benzene rings is 10. The zero-order valence-electron chi connectivity index (χ0n) is 40.1. The number of fused-ring (bicyclic) bond motifs is 7. The van der Waals surface area contributed by atoms with Gasteiger partial charge in [0.1, 0.15) is 0 Å². The van der Waals surface area contributed by atoms with E-state index in [1.165, 1.54) is 48.0 Å². The fourth-order valence-electron chi connectivity index (χ4n) is 11.2. The monoisotopic (exact) mass is 936 g/mol. The molecule has 0 bridgehead atoms. The van der Waals surface area contributed by atoms with Crippen molar-refractivity contribution in [3.63, 3.8) is 0 Å². The Morgan fingerprint density at radius 1 is 0.444 bits per heavy atom. The zero-order valence-corrected chi connectivity index (χ0v) is 40.9. The van der Waals surface area contributed by atoms with Crippen LogP contribution >= 0.6 is 11.8 Å². The molecule has 4 nitrogen and oxygen atoms in total. The van der Waals surface area contributed by atoms with Crippen molar-refractivity contribution < 1.29 is 0 Å². The Morgan fingerprint density at radius 2 is 1.01 bits per heavy atom. The van der Waals surface area contributed by atoms with Gasteiger partial charge in [-0.3, -0.25) is 0 Å². The van der Waals surface area contributed by atoms with Crippen molar-refractivity contribution in [2.24, 2.45) is 0 Å². The highest BCUT2D eigenvalue weighted by Crippen LogP contribution is 2.50. The normalized spacial score (nSPS) is 12.5. The molecule has 1 aromatic heterocycles. The maximum atomic E-state index is 10.1. The molecule has 0 saturated carbocycles. The van der Waals surface area contributed by atoms with Crippen LogP contribution in [0.15, 0.2) is 228 Å². The van der Waals surface area contributed by atoms with Gasteiger partial charge in [0.2, 0.25) is 6.71 Å². The van der Waals surface area contributed by atoms with E-state index in [2.05, 4.69) is 224 Å². The molecule has 11 aromatic rings. The van der Waals surface area contributed by atoms with Crippen LogP contribution < -0.4 is 21.3 Å². The van der Waals surface area contributed by atoms with Crippen LogP contribution in [-0.2, 0) is 5.41 Å². The Kier molecular flexibility index (Phi) is 10.2. The van der Waals surface area contributed by atoms with Crippen molar-refractivity contribution >= 4 is 73.7 Å². The highest BCUT2D eigenvalue weighted by Gasteiger charge is 2.43. The van der Waals surface area contributed by atoms with Crippen LogP contribution in [-0.4, -0.2) is 11.3 Å². The van der Waals surface area contributed by atoms with Crippen molar-refractivity contribution in [1.29, 1.82) is 10.5 Å². The predicted octanol–water partition coefficient (Wildman–Crippen LogP) is 15.3. The lowest BCUT2D eigenvalue weighted by Gasteiger charge is -2.42. The number of anilines is 3. The van der Waals surface area contributed by atoms with Crippen LogP contribution in [0.4, 0.5) is 17.1 Å². The minimum Gasteiger partial charge on any atom is -0.310 e. The van der Waals surface area contributed by atoms with Gasteiger partial charge in [0.05, 0.1) is 40.0 Å². The highest BCUT2D eigenvalue weighted by molar-refractivity contribution is 8.00. The highest BCUT2D eigenvalue weighted by atomic mass is 32.2. The van der Waals surface area contributed by atoms with Crippen LogP contribution in [0.1, 0.15) is 37.5 Å². The van der Waals surface area contributed by atoms with Crippen molar-refractivity contribution in [3.8, 4) is 62.3 Å². The predicted molar refractivity (Wildman–Crippen MR) is 301 cm³/mol. The van der Waals surface area contributed by atoms with E-state index >= 15 is 0 Å². The first kappa shape index (κ1) is 43.2. The van der Waals surface area contributed by atoms with Gasteiger partial charge in [-0.05, 0) is 122 Å². The lowest BCUT2D eigenvalue weighted by atomic mass is 9.34. The minimum absolute atomic E-state index is 0.0142. The van der Waals surface area contributed by atoms with E-state index in [0.29, 0.717) is 11.1 Å². The quantitative estimate of drug-likeness (QED) is 0.156. The molecule has 2 aliphatic rings. The van der Waals surface area contributed by atoms with E-state index < -0.39 is 0 Å². The number of para-hydroxylation sites is 2. The summed E-state index contributed by atoms with van der Waals surface area (Å²) in [6, 6.07) is 83.4. The van der Waals surface area contributed by atoms with Gasteiger partial charge >= 0.3 is 0 Å². The minimum atomic E-state index is -0.165. The molecule has 0 unspecified atom stereocenters. The first-order valence-electron chi connectivity index (χ1n) is 24.5. The summed E-state index contributed by atoms with van der Waals surface area (Å²) in [6.07, 6.45) is 0. The second kappa shape index (κ2) is 17.0. The van der Waals surface area contributed by atoms with Crippen LogP contribution in [0.2, 0.25) is 0 Å². The topological polar surface area (TPSA) is 55.8 Å². The lowest BCUT2D eigenvalue weighted by molar-refractivity contribution is 0.591. The number of hydrogen-bond donors (Lipinski definition) is 0. The zero-order chi connectivity index (χ0) is 48.7. The van der Waals surface area contributed by atoms with Gasteiger partial charge in [0.25, 0.3) is 0 Å². The smallest absolute Gasteiger partial charge is 0.249 e. The fraction of sp³-hybridized carbons (Fsp3) is 0.0606. The molecule has 0 amide bonds. The third kappa shape index (κ3) is 7.06. The van der Waals surface area contributed by atoms with E-state index in [1.54, 1.807) is 0 Å². The van der Waals surface area contributed by atoms with Crippen molar-refractivity contribution in [1.82, 2.24) is 4.57 Å².